The van der Waals surface area contributed by atoms with Crippen molar-refractivity contribution in [2.24, 2.45) is 5.73 Å². The van der Waals surface area contributed by atoms with Gasteiger partial charge in [0.15, 0.2) is 0 Å². The van der Waals surface area contributed by atoms with E-state index in [-0.39, 0.29) is 11.1 Å². The third kappa shape index (κ3) is 3.87. The second-order valence-corrected chi connectivity index (χ2v) is 5.18. The largest absolute Gasteiger partial charge is 0.325 e. The molecule has 0 spiro atoms. The molecule has 1 aromatic carbocycles. The van der Waals surface area contributed by atoms with Crippen molar-refractivity contribution < 1.29 is 8.78 Å². The molecule has 0 atom stereocenters. The highest BCUT2D eigenvalue weighted by atomic mass is 79.9. The van der Waals surface area contributed by atoms with Crippen LogP contribution < -0.4 is 5.73 Å². The molecular formula is C11H14BrF2N. The van der Waals surface area contributed by atoms with Gasteiger partial charge in [0, 0.05) is 15.6 Å². The molecule has 1 rings (SSSR count). The van der Waals surface area contributed by atoms with Gasteiger partial charge in [-0.1, -0.05) is 28.1 Å². The van der Waals surface area contributed by atoms with Crippen LogP contribution in [0.25, 0.3) is 0 Å². The molecule has 0 saturated carbocycles. The van der Waals surface area contributed by atoms with Crippen LogP contribution >= 0.6 is 15.9 Å². The van der Waals surface area contributed by atoms with Gasteiger partial charge in [-0.3, -0.25) is 0 Å². The van der Waals surface area contributed by atoms with Gasteiger partial charge in [-0.25, -0.2) is 8.78 Å². The van der Waals surface area contributed by atoms with Crippen molar-refractivity contribution in [1.29, 1.82) is 0 Å². The van der Waals surface area contributed by atoms with Crippen LogP contribution in [-0.4, -0.2) is 5.54 Å². The third-order valence-electron chi connectivity index (χ3n) is 1.96. The Labute approximate surface area is 96.8 Å². The van der Waals surface area contributed by atoms with Crippen LogP contribution in [0.15, 0.2) is 22.7 Å². The second kappa shape index (κ2) is 4.58. The Balaban J connectivity index is 2.92. The number of alkyl halides is 2. The lowest BCUT2D eigenvalue weighted by Crippen LogP contribution is -2.34. The second-order valence-electron chi connectivity index (χ2n) is 4.32. The predicted octanol–water partition coefficient (Wildman–Crippen LogP) is 3.67. The van der Waals surface area contributed by atoms with Crippen molar-refractivity contribution in [1.82, 2.24) is 0 Å². The van der Waals surface area contributed by atoms with Gasteiger partial charge >= 0.3 is 0 Å². The molecule has 84 valence electrons. The first-order valence-corrected chi connectivity index (χ1v) is 5.44. The Morgan fingerprint density at radius 1 is 1.40 bits per heavy atom. The maximum Gasteiger partial charge on any atom is 0.264 e. The molecule has 0 aliphatic carbocycles. The van der Waals surface area contributed by atoms with Crippen molar-refractivity contribution >= 4 is 15.9 Å². The summed E-state index contributed by atoms with van der Waals surface area (Å²) in [6, 6.07) is 4.84. The summed E-state index contributed by atoms with van der Waals surface area (Å²) in [5.41, 5.74) is 6.50. The fourth-order valence-corrected chi connectivity index (χ4v) is 1.98. The summed E-state index contributed by atoms with van der Waals surface area (Å²) in [6.45, 7) is 3.81. The third-order valence-corrected chi connectivity index (χ3v) is 2.65. The minimum Gasteiger partial charge on any atom is -0.325 e. The summed E-state index contributed by atoms with van der Waals surface area (Å²) >= 11 is 3.13. The molecule has 1 nitrogen and oxygen atoms in total. The molecule has 0 heterocycles. The molecule has 1 aromatic rings. The van der Waals surface area contributed by atoms with Gasteiger partial charge in [0.05, 0.1) is 0 Å². The molecule has 0 saturated heterocycles. The van der Waals surface area contributed by atoms with E-state index in [1.165, 1.54) is 6.07 Å². The van der Waals surface area contributed by atoms with Gasteiger partial charge in [-0.2, -0.15) is 0 Å². The first-order valence-electron chi connectivity index (χ1n) is 4.65. The van der Waals surface area contributed by atoms with E-state index < -0.39 is 6.43 Å². The van der Waals surface area contributed by atoms with Crippen molar-refractivity contribution in [2.75, 3.05) is 0 Å². The lowest BCUT2D eigenvalue weighted by molar-refractivity contribution is 0.150. The first-order chi connectivity index (χ1) is 6.79. The highest BCUT2D eigenvalue weighted by molar-refractivity contribution is 9.10. The number of nitrogens with two attached hydrogens (primary N) is 1. The normalized spacial score (nSPS) is 12.2. The smallest absolute Gasteiger partial charge is 0.264 e. The summed E-state index contributed by atoms with van der Waals surface area (Å²) in [5.74, 6) is 0. The van der Waals surface area contributed by atoms with Crippen LogP contribution in [0.2, 0.25) is 0 Å². The predicted molar refractivity (Wildman–Crippen MR) is 61.1 cm³/mol. The molecule has 0 amide bonds. The van der Waals surface area contributed by atoms with E-state index in [9.17, 15) is 8.78 Å². The van der Waals surface area contributed by atoms with E-state index >= 15 is 0 Å². The average Bonchev–Trinajstić information content (AvgIpc) is 1.99. The Bertz CT molecular complexity index is 345. The molecular weight excluding hydrogens is 264 g/mol. The fraction of sp³-hybridized carbons (Fsp3) is 0.455. The van der Waals surface area contributed by atoms with E-state index in [0.29, 0.717) is 10.9 Å². The number of benzene rings is 1. The molecule has 0 aliphatic heterocycles. The van der Waals surface area contributed by atoms with Crippen LogP contribution in [0, 0.1) is 0 Å². The lowest BCUT2D eigenvalue weighted by atomic mass is 9.96. The van der Waals surface area contributed by atoms with Crippen LogP contribution in [0.4, 0.5) is 8.78 Å². The zero-order valence-corrected chi connectivity index (χ0v) is 10.3. The summed E-state index contributed by atoms with van der Waals surface area (Å²) in [6.07, 6.45) is -1.78. The quantitative estimate of drug-likeness (QED) is 0.897. The number of halogens is 3. The van der Waals surface area contributed by atoms with E-state index in [1.807, 2.05) is 13.8 Å². The average molecular weight is 278 g/mol. The standard InChI is InChI=1S/C11H14BrF2N/c1-11(2,15)6-7-3-4-8(10(13)14)9(12)5-7/h3-5,10H,6,15H2,1-2H3. The van der Waals surface area contributed by atoms with Crippen molar-refractivity contribution in [3.8, 4) is 0 Å². The van der Waals surface area contributed by atoms with Gasteiger partial charge in [0.2, 0.25) is 0 Å². The van der Waals surface area contributed by atoms with E-state index in [1.54, 1.807) is 12.1 Å². The number of hydrogen-bond donors (Lipinski definition) is 1. The Kier molecular flexibility index (Phi) is 3.84. The van der Waals surface area contributed by atoms with Gasteiger partial charge in [-0.15, -0.1) is 0 Å². The van der Waals surface area contributed by atoms with Crippen LogP contribution in [-0.2, 0) is 6.42 Å². The van der Waals surface area contributed by atoms with Crippen molar-refractivity contribution in [3.05, 3.63) is 33.8 Å². The monoisotopic (exact) mass is 277 g/mol. The van der Waals surface area contributed by atoms with Gasteiger partial charge in [0.1, 0.15) is 0 Å². The van der Waals surface area contributed by atoms with Gasteiger partial charge < -0.3 is 5.73 Å². The van der Waals surface area contributed by atoms with Gasteiger partial charge in [-0.05, 0) is 31.9 Å². The highest BCUT2D eigenvalue weighted by Crippen LogP contribution is 2.28. The minimum absolute atomic E-state index is 0.0218. The minimum atomic E-state index is -2.45. The van der Waals surface area contributed by atoms with E-state index in [0.717, 1.165) is 5.56 Å². The van der Waals surface area contributed by atoms with Crippen molar-refractivity contribution in [3.63, 3.8) is 0 Å². The fourth-order valence-electron chi connectivity index (χ4n) is 1.38. The summed E-state index contributed by atoms with van der Waals surface area (Å²) in [5, 5.41) is 0. The Morgan fingerprint density at radius 3 is 2.40 bits per heavy atom. The summed E-state index contributed by atoms with van der Waals surface area (Å²) in [4.78, 5) is 0. The molecule has 0 fully saturated rings. The maximum absolute atomic E-state index is 12.4. The molecule has 0 unspecified atom stereocenters. The Hall–Kier alpha value is -0.480. The van der Waals surface area contributed by atoms with Gasteiger partial charge in [0.25, 0.3) is 6.43 Å². The summed E-state index contributed by atoms with van der Waals surface area (Å²) in [7, 11) is 0. The first kappa shape index (κ1) is 12.6. The van der Waals surface area contributed by atoms with E-state index in [4.69, 9.17) is 5.73 Å². The molecule has 2 N–H and O–H groups in total. The number of rotatable bonds is 3. The molecule has 0 aromatic heterocycles. The molecule has 0 bridgehead atoms. The van der Waals surface area contributed by atoms with Crippen molar-refractivity contribution in [2.45, 2.75) is 32.2 Å². The highest BCUT2D eigenvalue weighted by Gasteiger charge is 2.15. The lowest BCUT2D eigenvalue weighted by Gasteiger charge is -2.18. The van der Waals surface area contributed by atoms with E-state index in [2.05, 4.69) is 15.9 Å². The molecule has 15 heavy (non-hydrogen) atoms. The Morgan fingerprint density at radius 2 is 2.00 bits per heavy atom. The summed E-state index contributed by atoms with van der Waals surface area (Å²) < 4.78 is 25.3. The zero-order chi connectivity index (χ0) is 11.6. The maximum atomic E-state index is 12.4. The SMILES string of the molecule is CC(C)(N)Cc1ccc(C(F)F)c(Br)c1. The topological polar surface area (TPSA) is 26.0 Å². The molecule has 4 heteroatoms. The molecule has 0 radical (unpaired) electrons. The molecule has 0 aliphatic rings. The van der Waals surface area contributed by atoms with Crippen LogP contribution in [0.5, 0.6) is 0 Å². The number of hydrogen-bond acceptors (Lipinski definition) is 1. The zero-order valence-electron chi connectivity index (χ0n) is 8.73. The van der Waals surface area contributed by atoms with Crippen LogP contribution in [0.1, 0.15) is 31.4 Å². The van der Waals surface area contributed by atoms with Crippen LogP contribution in [0.3, 0.4) is 0 Å².